The lowest BCUT2D eigenvalue weighted by Gasteiger charge is -2.24. The molecule has 2 aromatic rings. The van der Waals surface area contributed by atoms with Crippen LogP contribution in [0.15, 0.2) is 53.4 Å². The summed E-state index contributed by atoms with van der Waals surface area (Å²) in [5.41, 5.74) is -0.0890. The molecule has 0 amide bonds. The summed E-state index contributed by atoms with van der Waals surface area (Å²) >= 11 is 1.34. The van der Waals surface area contributed by atoms with Crippen molar-refractivity contribution in [1.82, 2.24) is 4.31 Å². The van der Waals surface area contributed by atoms with E-state index in [1.54, 1.807) is 0 Å². The Labute approximate surface area is 164 Å². The van der Waals surface area contributed by atoms with Gasteiger partial charge in [0, 0.05) is 12.3 Å². The number of methoxy groups -OCH3 is 1. The fourth-order valence-electron chi connectivity index (χ4n) is 2.82. The molecular formula is C18H16F3NO4S2. The molecule has 10 heteroatoms. The van der Waals surface area contributed by atoms with E-state index in [9.17, 15) is 26.4 Å². The van der Waals surface area contributed by atoms with E-state index in [1.807, 2.05) is 0 Å². The lowest BCUT2D eigenvalue weighted by Crippen LogP contribution is -2.30. The Balaban J connectivity index is 1.88. The molecule has 0 aliphatic carbocycles. The van der Waals surface area contributed by atoms with Gasteiger partial charge in [-0.15, -0.1) is 11.8 Å². The number of esters is 1. The number of thioether (sulfide) groups is 1. The number of benzene rings is 2. The van der Waals surface area contributed by atoms with Crippen LogP contribution in [0.3, 0.4) is 0 Å². The van der Waals surface area contributed by atoms with Crippen LogP contribution >= 0.6 is 11.8 Å². The number of halogens is 3. The van der Waals surface area contributed by atoms with Crippen LogP contribution in [-0.2, 0) is 20.9 Å². The minimum atomic E-state index is -4.45. The average molecular weight is 431 g/mol. The van der Waals surface area contributed by atoms with Crippen LogP contribution < -0.4 is 0 Å². The maximum atomic E-state index is 13.0. The number of sulfonamides is 1. The number of alkyl halides is 3. The summed E-state index contributed by atoms with van der Waals surface area (Å²) < 4.78 is 70.1. The summed E-state index contributed by atoms with van der Waals surface area (Å²) in [5.74, 6) is -0.0613. The fourth-order valence-corrected chi connectivity index (χ4v) is 6.06. The molecule has 3 rings (SSSR count). The van der Waals surface area contributed by atoms with Crippen molar-refractivity contribution >= 4 is 27.8 Å². The Morgan fingerprint density at radius 1 is 1.11 bits per heavy atom. The van der Waals surface area contributed by atoms with Crippen molar-refractivity contribution in [3.05, 3.63) is 65.2 Å². The first-order chi connectivity index (χ1) is 13.1. The monoisotopic (exact) mass is 431 g/mol. The Hall–Kier alpha value is -2.04. The summed E-state index contributed by atoms with van der Waals surface area (Å²) in [6.07, 6.45) is -4.45. The number of carbonyl (C=O) groups excluding carboxylic acids is 1. The highest BCUT2D eigenvalue weighted by molar-refractivity contribution is 8.01. The molecule has 1 fully saturated rings. The predicted molar refractivity (Wildman–Crippen MR) is 98.3 cm³/mol. The molecule has 1 aliphatic heterocycles. The van der Waals surface area contributed by atoms with E-state index in [0.29, 0.717) is 11.3 Å². The fraction of sp³-hybridized carbons (Fsp3) is 0.278. The molecule has 28 heavy (non-hydrogen) atoms. The van der Waals surface area contributed by atoms with Gasteiger partial charge in [-0.25, -0.2) is 13.2 Å². The maximum absolute atomic E-state index is 13.0. The molecular weight excluding hydrogens is 415 g/mol. The van der Waals surface area contributed by atoms with E-state index in [-0.39, 0.29) is 17.0 Å². The number of hydrogen-bond acceptors (Lipinski definition) is 5. The second-order valence-corrected chi connectivity index (χ2v) is 9.05. The zero-order valence-corrected chi connectivity index (χ0v) is 16.3. The summed E-state index contributed by atoms with van der Waals surface area (Å²) in [4.78, 5) is 11.5. The number of rotatable bonds is 4. The Bertz CT molecular complexity index is 958. The zero-order chi connectivity index (χ0) is 20.5. The highest BCUT2D eigenvalue weighted by atomic mass is 32.2. The molecule has 0 aromatic heterocycles. The van der Waals surface area contributed by atoms with Crippen molar-refractivity contribution in [2.24, 2.45) is 0 Å². The lowest BCUT2D eigenvalue weighted by atomic mass is 10.1. The molecule has 150 valence electrons. The van der Waals surface area contributed by atoms with Crippen LogP contribution in [0, 0.1) is 0 Å². The first-order valence-corrected chi connectivity index (χ1v) is 10.6. The summed E-state index contributed by atoms with van der Waals surface area (Å²) in [7, 11) is -2.66. The molecule has 0 spiro atoms. The SMILES string of the molecule is COC(=O)c1ccc(S(=O)(=O)N2CCS[C@@H]2c2ccc(C(F)(F)F)cc2)cc1. The third-order valence-electron chi connectivity index (χ3n) is 4.25. The highest BCUT2D eigenvalue weighted by Crippen LogP contribution is 2.42. The van der Waals surface area contributed by atoms with Crippen molar-refractivity contribution in [2.75, 3.05) is 19.4 Å². The third kappa shape index (κ3) is 4.03. The van der Waals surface area contributed by atoms with Crippen molar-refractivity contribution in [1.29, 1.82) is 0 Å². The molecule has 5 nitrogen and oxygen atoms in total. The number of ether oxygens (including phenoxy) is 1. The summed E-state index contributed by atoms with van der Waals surface area (Å²) in [6, 6.07) is 9.84. The molecule has 1 aliphatic rings. The predicted octanol–water partition coefficient (Wildman–Crippen LogP) is 3.93. The van der Waals surface area contributed by atoms with Crippen LogP contribution in [0.1, 0.15) is 26.9 Å². The van der Waals surface area contributed by atoms with E-state index in [1.165, 1.54) is 59.6 Å². The number of nitrogens with zero attached hydrogens (tertiary/aromatic N) is 1. The molecule has 1 heterocycles. The van der Waals surface area contributed by atoms with Gasteiger partial charge in [0.2, 0.25) is 10.0 Å². The summed E-state index contributed by atoms with van der Waals surface area (Å²) in [6.45, 7) is 0.234. The van der Waals surface area contributed by atoms with E-state index in [2.05, 4.69) is 4.74 Å². The van der Waals surface area contributed by atoms with Crippen molar-refractivity contribution in [3.8, 4) is 0 Å². The van der Waals surface area contributed by atoms with Gasteiger partial charge in [0.15, 0.2) is 0 Å². The molecule has 0 bridgehead atoms. The molecule has 0 radical (unpaired) electrons. The molecule has 0 unspecified atom stereocenters. The minimum absolute atomic E-state index is 0.000403. The van der Waals surface area contributed by atoms with E-state index < -0.39 is 33.1 Å². The molecule has 1 atom stereocenters. The molecule has 0 saturated carbocycles. The van der Waals surface area contributed by atoms with E-state index in [4.69, 9.17) is 0 Å². The van der Waals surface area contributed by atoms with Crippen molar-refractivity contribution in [3.63, 3.8) is 0 Å². The van der Waals surface area contributed by atoms with Gasteiger partial charge >= 0.3 is 12.1 Å². The van der Waals surface area contributed by atoms with Gasteiger partial charge in [0.25, 0.3) is 0 Å². The first kappa shape index (κ1) is 20.7. The Morgan fingerprint density at radius 2 is 1.71 bits per heavy atom. The van der Waals surface area contributed by atoms with E-state index >= 15 is 0 Å². The molecule has 0 N–H and O–H groups in total. The Kier molecular flexibility index (Phi) is 5.74. The van der Waals surface area contributed by atoms with Gasteiger partial charge in [-0.3, -0.25) is 0 Å². The van der Waals surface area contributed by atoms with Gasteiger partial charge in [-0.1, -0.05) is 12.1 Å². The topological polar surface area (TPSA) is 63.7 Å². The lowest BCUT2D eigenvalue weighted by molar-refractivity contribution is -0.137. The normalized spacial score (nSPS) is 18.2. The van der Waals surface area contributed by atoms with Gasteiger partial charge in [0.1, 0.15) is 0 Å². The smallest absolute Gasteiger partial charge is 0.416 e. The second kappa shape index (κ2) is 7.76. The number of hydrogen-bond donors (Lipinski definition) is 0. The van der Waals surface area contributed by atoms with Gasteiger partial charge in [-0.2, -0.15) is 17.5 Å². The minimum Gasteiger partial charge on any atom is -0.465 e. The van der Waals surface area contributed by atoms with Crippen LogP contribution in [-0.4, -0.2) is 38.1 Å². The summed E-state index contributed by atoms with van der Waals surface area (Å²) in [5, 5.41) is -0.618. The van der Waals surface area contributed by atoms with Crippen LogP contribution in [0.2, 0.25) is 0 Å². The Morgan fingerprint density at radius 3 is 2.25 bits per heavy atom. The third-order valence-corrected chi connectivity index (χ3v) is 7.53. The van der Waals surface area contributed by atoms with Gasteiger partial charge in [-0.05, 0) is 42.0 Å². The average Bonchev–Trinajstić information content (AvgIpc) is 3.17. The standard InChI is InChI=1S/C18H16F3NO4S2/c1-26-17(23)13-4-8-15(9-5-13)28(24,25)22-10-11-27-16(22)12-2-6-14(7-3-12)18(19,20)21/h2-9,16H,10-11H2,1H3/t16-/m1/s1. The maximum Gasteiger partial charge on any atom is 0.416 e. The van der Waals surface area contributed by atoms with Crippen LogP contribution in [0.25, 0.3) is 0 Å². The largest absolute Gasteiger partial charge is 0.465 e. The van der Waals surface area contributed by atoms with E-state index in [0.717, 1.165) is 12.1 Å². The van der Waals surface area contributed by atoms with Crippen molar-refractivity contribution < 1.29 is 31.1 Å². The van der Waals surface area contributed by atoms with Gasteiger partial charge < -0.3 is 4.74 Å². The number of carbonyl (C=O) groups is 1. The van der Waals surface area contributed by atoms with Crippen LogP contribution in [0.4, 0.5) is 13.2 Å². The highest BCUT2D eigenvalue weighted by Gasteiger charge is 2.37. The van der Waals surface area contributed by atoms with Crippen molar-refractivity contribution in [2.45, 2.75) is 16.4 Å². The zero-order valence-electron chi connectivity index (χ0n) is 14.6. The first-order valence-electron chi connectivity index (χ1n) is 8.13. The second-order valence-electron chi connectivity index (χ2n) is 5.97. The van der Waals surface area contributed by atoms with Crippen LogP contribution in [0.5, 0.6) is 0 Å². The quantitative estimate of drug-likeness (QED) is 0.687. The molecule has 2 aromatic carbocycles. The molecule has 1 saturated heterocycles. The van der Waals surface area contributed by atoms with Gasteiger partial charge in [0.05, 0.1) is 28.5 Å².